The molecule has 0 fully saturated rings. The average Bonchev–Trinajstić information content (AvgIpc) is 2.77. The molecule has 0 saturated heterocycles. The second-order valence-corrected chi connectivity index (χ2v) is 7.12. The van der Waals surface area contributed by atoms with Crippen LogP contribution in [0.15, 0.2) is 42.5 Å². The lowest BCUT2D eigenvalue weighted by molar-refractivity contribution is 0.339. The quantitative estimate of drug-likeness (QED) is 0.567. The second kappa shape index (κ2) is 7.75. The van der Waals surface area contributed by atoms with Gasteiger partial charge in [0, 0.05) is 16.7 Å². The average molecular weight is 424 g/mol. The van der Waals surface area contributed by atoms with Gasteiger partial charge < -0.3 is 29.5 Å². The summed E-state index contributed by atoms with van der Waals surface area (Å²) in [5.41, 5.74) is 3.75. The molecule has 160 valence electrons. The molecule has 3 aromatic rings. The zero-order chi connectivity index (χ0) is 22.3. The van der Waals surface area contributed by atoms with Gasteiger partial charge in [-0.05, 0) is 60.0 Å². The molecule has 1 aliphatic heterocycles. The van der Waals surface area contributed by atoms with Crippen molar-refractivity contribution in [3.8, 4) is 34.5 Å². The maximum atomic E-state index is 14.3. The van der Waals surface area contributed by atoms with Crippen molar-refractivity contribution in [2.24, 2.45) is 0 Å². The number of hydrogen-bond acceptors (Lipinski definition) is 6. The van der Waals surface area contributed by atoms with Crippen molar-refractivity contribution in [2.75, 3.05) is 20.8 Å². The maximum absolute atomic E-state index is 14.3. The molecule has 6 nitrogen and oxygen atoms in total. The highest BCUT2D eigenvalue weighted by atomic mass is 19.1. The van der Waals surface area contributed by atoms with E-state index in [0.29, 0.717) is 39.1 Å². The molecule has 0 radical (unpaired) electrons. The first-order chi connectivity index (χ1) is 14.8. The Bertz CT molecular complexity index is 1190. The molecule has 0 bridgehead atoms. The molecule has 0 atom stereocenters. The third kappa shape index (κ3) is 3.38. The normalized spacial score (nSPS) is 12.9. The number of phenolic OH excluding ortho intramolecular Hbond substituents is 3. The summed E-state index contributed by atoms with van der Waals surface area (Å²) in [4.78, 5) is 0. The molecule has 4 rings (SSSR count). The lowest BCUT2D eigenvalue weighted by atomic mass is 9.86. The van der Waals surface area contributed by atoms with Gasteiger partial charge in [-0.3, -0.25) is 0 Å². The summed E-state index contributed by atoms with van der Waals surface area (Å²) in [6.07, 6.45) is 0. The highest BCUT2D eigenvalue weighted by molar-refractivity contribution is 6.02. The Labute approximate surface area is 178 Å². The summed E-state index contributed by atoms with van der Waals surface area (Å²) in [6.45, 7) is 1.85. The first-order valence-corrected chi connectivity index (χ1v) is 9.48. The SMILES string of the molecule is COc1cc(C2=C(c3ccc(O)c(F)c3)c3ccc(O)c(C)c3OC2)cc(OC)c1O. The number of rotatable bonds is 4. The minimum atomic E-state index is -0.756. The molecule has 31 heavy (non-hydrogen) atoms. The fraction of sp³-hybridized carbons (Fsp3) is 0.167. The van der Waals surface area contributed by atoms with Crippen molar-refractivity contribution < 1.29 is 33.9 Å². The van der Waals surface area contributed by atoms with Gasteiger partial charge in [0.05, 0.1) is 14.2 Å². The molecule has 0 aliphatic carbocycles. The standard InChI is InChI=1S/C24H21FO6/c1-12-18(26)7-5-15-22(13-4-6-19(27)17(25)8-13)16(11-31-24(12)15)14-9-20(29-2)23(28)21(10-14)30-3/h4-10,26-28H,11H2,1-3H3. The third-order valence-corrected chi connectivity index (χ3v) is 5.37. The Kier molecular flexibility index (Phi) is 5.10. The first kappa shape index (κ1) is 20.4. The van der Waals surface area contributed by atoms with Crippen LogP contribution in [0, 0.1) is 12.7 Å². The summed E-state index contributed by atoms with van der Waals surface area (Å²) in [5.74, 6) is -0.334. The van der Waals surface area contributed by atoms with Crippen molar-refractivity contribution in [3.63, 3.8) is 0 Å². The number of fused-ring (bicyclic) bond motifs is 1. The molecule has 0 unspecified atom stereocenters. The van der Waals surface area contributed by atoms with Crippen LogP contribution in [0.5, 0.6) is 34.5 Å². The molecule has 1 aliphatic rings. The zero-order valence-electron chi connectivity index (χ0n) is 17.2. The number of benzene rings is 3. The molecule has 0 amide bonds. The summed E-state index contributed by atoms with van der Waals surface area (Å²) in [5, 5.41) is 30.1. The van der Waals surface area contributed by atoms with Gasteiger partial charge in [0.25, 0.3) is 0 Å². The minimum absolute atomic E-state index is 0.0893. The molecule has 0 aromatic heterocycles. The van der Waals surface area contributed by atoms with Gasteiger partial charge in [-0.1, -0.05) is 6.07 Å². The van der Waals surface area contributed by atoms with Gasteiger partial charge in [0.1, 0.15) is 18.1 Å². The largest absolute Gasteiger partial charge is 0.508 e. The lowest BCUT2D eigenvalue weighted by Gasteiger charge is -2.27. The molecule has 0 spiro atoms. The van der Waals surface area contributed by atoms with Crippen molar-refractivity contribution >= 4 is 11.1 Å². The van der Waals surface area contributed by atoms with E-state index in [1.165, 1.54) is 26.4 Å². The molecule has 1 heterocycles. The predicted octanol–water partition coefficient (Wildman–Crippen LogP) is 4.62. The van der Waals surface area contributed by atoms with Gasteiger partial charge in [0.15, 0.2) is 23.1 Å². The summed E-state index contributed by atoms with van der Waals surface area (Å²) >= 11 is 0. The fourth-order valence-corrected chi connectivity index (χ4v) is 3.73. The van der Waals surface area contributed by atoms with E-state index in [9.17, 15) is 19.7 Å². The lowest BCUT2D eigenvalue weighted by Crippen LogP contribution is -2.13. The van der Waals surface area contributed by atoms with E-state index in [-0.39, 0.29) is 29.6 Å². The minimum Gasteiger partial charge on any atom is -0.508 e. The van der Waals surface area contributed by atoms with Crippen LogP contribution in [-0.2, 0) is 0 Å². The van der Waals surface area contributed by atoms with Crippen LogP contribution in [0.2, 0.25) is 0 Å². The number of hydrogen-bond donors (Lipinski definition) is 3. The van der Waals surface area contributed by atoms with Crippen LogP contribution >= 0.6 is 0 Å². The molecular formula is C24H21FO6. The molecular weight excluding hydrogens is 403 g/mol. The Morgan fingerprint density at radius 2 is 1.52 bits per heavy atom. The highest BCUT2D eigenvalue weighted by Crippen LogP contribution is 2.47. The molecule has 0 saturated carbocycles. The molecule has 3 aromatic carbocycles. The Hall–Kier alpha value is -3.87. The van der Waals surface area contributed by atoms with Gasteiger partial charge in [-0.25, -0.2) is 4.39 Å². The summed E-state index contributed by atoms with van der Waals surface area (Å²) in [6, 6.07) is 10.7. The van der Waals surface area contributed by atoms with Crippen LogP contribution in [-0.4, -0.2) is 36.1 Å². The van der Waals surface area contributed by atoms with E-state index in [0.717, 1.165) is 0 Å². The fourth-order valence-electron chi connectivity index (χ4n) is 3.73. The number of halogens is 1. The van der Waals surface area contributed by atoms with E-state index in [1.807, 2.05) is 0 Å². The van der Waals surface area contributed by atoms with Crippen LogP contribution in [0.4, 0.5) is 4.39 Å². The monoisotopic (exact) mass is 424 g/mol. The van der Waals surface area contributed by atoms with E-state index < -0.39 is 11.6 Å². The summed E-state index contributed by atoms with van der Waals surface area (Å²) < 4.78 is 30.8. The Morgan fingerprint density at radius 1 is 0.871 bits per heavy atom. The molecule has 7 heteroatoms. The van der Waals surface area contributed by atoms with Crippen molar-refractivity contribution in [3.05, 3.63) is 70.5 Å². The first-order valence-electron chi connectivity index (χ1n) is 9.48. The third-order valence-electron chi connectivity index (χ3n) is 5.37. The van der Waals surface area contributed by atoms with E-state index in [1.54, 1.807) is 37.3 Å². The maximum Gasteiger partial charge on any atom is 0.200 e. The predicted molar refractivity (Wildman–Crippen MR) is 114 cm³/mol. The van der Waals surface area contributed by atoms with Crippen LogP contribution in [0.1, 0.15) is 22.3 Å². The van der Waals surface area contributed by atoms with E-state index in [4.69, 9.17) is 14.2 Å². The Morgan fingerprint density at radius 3 is 2.13 bits per heavy atom. The second-order valence-electron chi connectivity index (χ2n) is 7.12. The number of phenols is 3. The summed E-state index contributed by atoms with van der Waals surface area (Å²) in [7, 11) is 2.86. The Balaban J connectivity index is 2.05. The number of aromatic hydroxyl groups is 3. The van der Waals surface area contributed by atoms with Gasteiger partial charge in [-0.2, -0.15) is 0 Å². The number of methoxy groups -OCH3 is 2. The van der Waals surface area contributed by atoms with Crippen LogP contribution in [0.25, 0.3) is 11.1 Å². The van der Waals surface area contributed by atoms with E-state index in [2.05, 4.69) is 0 Å². The van der Waals surface area contributed by atoms with Crippen molar-refractivity contribution in [1.82, 2.24) is 0 Å². The topological polar surface area (TPSA) is 88.4 Å². The van der Waals surface area contributed by atoms with Gasteiger partial charge in [-0.15, -0.1) is 0 Å². The zero-order valence-corrected chi connectivity index (χ0v) is 17.2. The van der Waals surface area contributed by atoms with E-state index >= 15 is 0 Å². The van der Waals surface area contributed by atoms with Gasteiger partial charge >= 0.3 is 0 Å². The highest BCUT2D eigenvalue weighted by Gasteiger charge is 2.27. The van der Waals surface area contributed by atoms with Crippen molar-refractivity contribution in [2.45, 2.75) is 6.92 Å². The number of ether oxygens (including phenoxy) is 3. The molecule has 3 N–H and O–H groups in total. The van der Waals surface area contributed by atoms with Crippen LogP contribution in [0.3, 0.4) is 0 Å². The van der Waals surface area contributed by atoms with Gasteiger partial charge in [0.2, 0.25) is 5.75 Å². The van der Waals surface area contributed by atoms with Crippen LogP contribution < -0.4 is 14.2 Å². The smallest absolute Gasteiger partial charge is 0.200 e. The van der Waals surface area contributed by atoms with Crippen molar-refractivity contribution in [1.29, 1.82) is 0 Å².